The molecule has 0 spiro atoms. The van der Waals surface area contributed by atoms with Crippen LogP contribution in [0.1, 0.15) is 51.8 Å². The lowest BCUT2D eigenvalue weighted by molar-refractivity contribution is 0.351. The van der Waals surface area contributed by atoms with Gasteiger partial charge in [0.2, 0.25) is 0 Å². The minimum absolute atomic E-state index is 0.399. The molecular formula is C13H22N2S. The van der Waals surface area contributed by atoms with Crippen LogP contribution >= 0.6 is 11.3 Å². The van der Waals surface area contributed by atoms with Crippen molar-refractivity contribution in [3.05, 3.63) is 16.6 Å². The highest BCUT2D eigenvalue weighted by molar-refractivity contribution is 7.07. The molecule has 0 amide bonds. The summed E-state index contributed by atoms with van der Waals surface area (Å²) < 4.78 is 0. The maximum atomic E-state index is 4.35. The number of nitrogens with zero attached hydrogens (tertiary/aromatic N) is 1. The average molecular weight is 238 g/mol. The molecule has 0 saturated heterocycles. The molecule has 0 aromatic carbocycles. The first-order valence-electron chi connectivity index (χ1n) is 6.23. The number of nitrogens with one attached hydrogen (secondary N) is 1. The van der Waals surface area contributed by atoms with Gasteiger partial charge in [0.1, 0.15) is 0 Å². The van der Waals surface area contributed by atoms with E-state index in [1.54, 1.807) is 11.3 Å². The second-order valence-corrected chi connectivity index (χ2v) is 6.33. The third kappa shape index (κ3) is 3.05. The lowest BCUT2D eigenvalue weighted by Gasteiger charge is -2.20. The molecule has 1 N–H and O–H groups in total. The van der Waals surface area contributed by atoms with Crippen molar-refractivity contribution in [2.75, 3.05) is 6.54 Å². The van der Waals surface area contributed by atoms with Crippen molar-refractivity contribution in [1.82, 2.24) is 10.3 Å². The molecular weight excluding hydrogens is 216 g/mol. The maximum Gasteiger partial charge on any atom is 0.0795 e. The Hall–Kier alpha value is -0.410. The van der Waals surface area contributed by atoms with E-state index in [1.807, 2.05) is 5.51 Å². The van der Waals surface area contributed by atoms with E-state index in [0.29, 0.717) is 11.5 Å². The van der Waals surface area contributed by atoms with Crippen molar-refractivity contribution < 1.29 is 0 Å². The summed E-state index contributed by atoms with van der Waals surface area (Å²) in [6.07, 6.45) is 4.17. The molecule has 1 heterocycles. The second-order valence-electron chi connectivity index (χ2n) is 5.61. The normalized spacial score (nSPS) is 20.0. The van der Waals surface area contributed by atoms with Crippen LogP contribution in [0.25, 0.3) is 0 Å². The quantitative estimate of drug-likeness (QED) is 0.818. The van der Waals surface area contributed by atoms with Crippen molar-refractivity contribution in [2.24, 2.45) is 11.3 Å². The molecule has 1 aromatic heterocycles. The Morgan fingerprint density at radius 1 is 1.44 bits per heavy atom. The van der Waals surface area contributed by atoms with Crippen LogP contribution < -0.4 is 5.32 Å². The van der Waals surface area contributed by atoms with Gasteiger partial charge in [-0.25, -0.2) is 4.98 Å². The summed E-state index contributed by atoms with van der Waals surface area (Å²) in [6, 6.07) is 0.399. The number of aromatic nitrogens is 1. The highest BCUT2D eigenvalue weighted by atomic mass is 32.1. The zero-order valence-corrected chi connectivity index (χ0v) is 11.3. The van der Waals surface area contributed by atoms with Gasteiger partial charge in [-0.3, -0.25) is 0 Å². The van der Waals surface area contributed by atoms with Gasteiger partial charge in [0, 0.05) is 18.0 Å². The summed E-state index contributed by atoms with van der Waals surface area (Å²) in [6.45, 7) is 8.01. The maximum absolute atomic E-state index is 4.35. The van der Waals surface area contributed by atoms with Crippen molar-refractivity contribution in [3.8, 4) is 0 Å². The fourth-order valence-electron chi connectivity index (χ4n) is 2.41. The molecule has 2 nitrogen and oxygen atoms in total. The van der Waals surface area contributed by atoms with Gasteiger partial charge < -0.3 is 5.32 Å². The first-order chi connectivity index (χ1) is 7.61. The zero-order valence-electron chi connectivity index (χ0n) is 10.5. The zero-order chi connectivity index (χ0) is 11.6. The van der Waals surface area contributed by atoms with Crippen molar-refractivity contribution >= 4 is 11.3 Å². The van der Waals surface area contributed by atoms with E-state index in [9.17, 15) is 0 Å². The van der Waals surface area contributed by atoms with E-state index in [1.165, 1.54) is 25.0 Å². The number of hydrogen-bond donors (Lipinski definition) is 1. The number of hydrogen-bond acceptors (Lipinski definition) is 3. The van der Waals surface area contributed by atoms with Crippen molar-refractivity contribution in [1.29, 1.82) is 0 Å². The SMILES string of the molecule is CC(C)CC1(CNC(C)c2cscn2)CC1. The molecule has 90 valence electrons. The summed E-state index contributed by atoms with van der Waals surface area (Å²) >= 11 is 1.68. The van der Waals surface area contributed by atoms with Crippen LogP contribution in [0.15, 0.2) is 10.9 Å². The molecule has 2 rings (SSSR count). The smallest absolute Gasteiger partial charge is 0.0795 e. The van der Waals surface area contributed by atoms with Gasteiger partial charge in [-0.15, -0.1) is 11.3 Å². The minimum atomic E-state index is 0.399. The van der Waals surface area contributed by atoms with E-state index < -0.39 is 0 Å². The van der Waals surface area contributed by atoms with Crippen LogP contribution in [0.2, 0.25) is 0 Å². The summed E-state index contributed by atoms with van der Waals surface area (Å²) in [5.41, 5.74) is 3.71. The molecule has 1 atom stereocenters. The molecule has 0 radical (unpaired) electrons. The first-order valence-corrected chi connectivity index (χ1v) is 7.17. The summed E-state index contributed by atoms with van der Waals surface area (Å²) in [5.74, 6) is 0.818. The van der Waals surface area contributed by atoms with E-state index in [-0.39, 0.29) is 0 Å². The van der Waals surface area contributed by atoms with Crippen molar-refractivity contribution in [3.63, 3.8) is 0 Å². The monoisotopic (exact) mass is 238 g/mol. The summed E-state index contributed by atoms with van der Waals surface area (Å²) in [4.78, 5) is 4.35. The molecule has 1 aromatic rings. The summed E-state index contributed by atoms with van der Waals surface area (Å²) in [5, 5.41) is 5.78. The van der Waals surface area contributed by atoms with E-state index in [2.05, 4.69) is 36.5 Å². The molecule has 1 unspecified atom stereocenters. The standard InChI is InChI=1S/C13H22N2S/c1-10(2)6-13(4-5-13)8-14-11(3)12-7-16-9-15-12/h7,9-11,14H,4-6,8H2,1-3H3. The first kappa shape index (κ1) is 12.1. The van der Waals surface area contributed by atoms with Crippen LogP contribution in [0, 0.1) is 11.3 Å². The predicted molar refractivity (Wildman–Crippen MR) is 69.7 cm³/mol. The Bertz CT molecular complexity index is 315. The van der Waals surface area contributed by atoms with Crippen molar-refractivity contribution in [2.45, 2.75) is 46.1 Å². The second kappa shape index (κ2) is 4.84. The van der Waals surface area contributed by atoms with Gasteiger partial charge >= 0.3 is 0 Å². The van der Waals surface area contributed by atoms with E-state index >= 15 is 0 Å². The molecule has 1 saturated carbocycles. The van der Waals surface area contributed by atoms with Crippen LogP contribution in [-0.4, -0.2) is 11.5 Å². The predicted octanol–water partition coefficient (Wildman–Crippen LogP) is 3.62. The van der Waals surface area contributed by atoms with Crippen LogP contribution in [0.3, 0.4) is 0 Å². The third-order valence-electron chi connectivity index (χ3n) is 3.48. The fourth-order valence-corrected chi connectivity index (χ4v) is 3.05. The molecule has 1 fully saturated rings. The Morgan fingerprint density at radius 2 is 2.19 bits per heavy atom. The molecule has 1 aliphatic rings. The lowest BCUT2D eigenvalue weighted by Crippen LogP contribution is -2.27. The Morgan fingerprint density at radius 3 is 2.69 bits per heavy atom. The molecule has 3 heteroatoms. The lowest BCUT2D eigenvalue weighted by atomic mass is 9.94. The van der Waals surface area contributed by atoms with Crippen LogP contribution in [0.5, 0.6) is 0 Å². The Balaban J connectivity index is 1.79. The van der Waals surface area contributed by atoms with Gasteiger partial charge in [0.05, 0.1) is 11.2 Å². The molecule has 0 aliphatic heterocycles. The molecule has 0 bridgehead atoms. The minimum Gasteiger partial charge on any atom is -0.308 e. The van der Waals surface area contributed by atoms with E-state index in [0.717, 1.165) is 12.5 Å². The van der Waals surface area contributed by atoms with Gasteiger partial charge in [0.25, 0.3) is 0 Å². The van der Waals surface area contributed by atoms with E-state index in [4.69, 9.17) is 0 Å². The number of rotatable bonds is 6. The van der Waals surface area contributed by atoms with Crippen LogP contribution in [-0.2, 0) is 0 Å². The molecule has 16 heavy (non-hydrogen) atoms. The topological polar surface area (TPSA) is 24.9 Å². The van der Waals surface area contributed by atoms with Gasteiger partial charge in [-0.1, -0.05) is 13.8 Å². The highest BCUT2D eigenvalue weighted by Crippen LogP contribution is 2.50. The van der Waals surface area contributed by atoms with Gasteiger partial charge in [0.15, 0.2) is 0 Å². The fraction of sp³-hybridized carbons (Fsp3) is 0.769. The third-order valence-corrected chi connectivity index (χ3v) is 4.08. The molecule has 1 aliphatic carbocycles. The number of thiazole rings is 1. The van der Waals surface area contributed by atoms with Gasteiger partial charge in [-0.05, 0) is 37.5 Å². The van der Waals surface area contributed by atoms with Crippen LogP contribution in [0.4, 0.5) is 0 Å². The largest absolute Gasteiger partial charge is 0.308 e. The average Bonchev–Trinajstić information content (AvgIpc) is 2.80. The Labute approximate surface area is 102 Å². The summed E-state index contributed by atoms with van der Waals surface area (Å²) in [7, 11) is 0. The highest BCUT2D eigenvalue weighted by Gasteiger charge is 2.42. The Kier molecular flexibility index (Phi) is 3.65. The van der Waals surface area contributed by atoms with Gasteiger partial charge in [-0.2, -0.15) is 0 Å².